The molecule has 18 heavy (non-hydrogen) atoms. The fourth-order valence-corrected chi connectivity index (χ4v) is 2.62. The van der Waals surface area contributed by atoms with E-state index >= 15 is 0 Å². The van der Waals surface area contributed by atoms with Crippen LogP contribution in [-0.2, 0) is 0 Å². The van der Waals surface area contributed by atoms with Gasteiger partial charge in [-0.25, -0.2) is 0 Å². The summed E-state index contributed by atoms with van der Waals surface area (Å²) >= 11 is 0. The number of hydrogen-bond donors (Lipinski definition) is 1. The van der Waals surface area contributed by atoms with Crippen molar-refractivity contribution in [3.63, 3.8) is 0 Å². The summed E-state index contributed by atoms with van der Waals surface area (Å²) in [6, 6.07) is 9.19. The monoisotopic (exact) mass is 248 g/mol. The Morgan fingerprint density at radius 1 is 1.17 bits per heavy atom. The lowest BCUT2D eigenvalue weighted by molar-refractivity contribution is 0.177. The smallest absolute Gasteiger partial charge is 0.0501 e. The Hall–Kier alpha value is -0.860. The number of likely N-dealkylation sites (N-methyl/N-ethyl adjacent to an activating group) is 1. The van der Waals surface area contributed by atoms with E-state index < -0.39 is 0 Å². The molecule has 2 nitrogen and oxygen atoms in total. The van der Waals surface area contributed by atoms with Gasteiger partial charge in [0.2, 0.25) is 0 Å². The van der Waals surface area contributed by atoms with Crippen molar-refractivity contribution < 1.29 is 0 Å². The second-order valence-electron chi connectivity index (χ2n) is 5.00. The SMILES string of the molecule is CCCN(CC)C(c1ccccc1C)C(N)CC. The van der Waals surface area contributed by atoms with Crippen LogP contribution in [0.1, 0.15) is 50.8 Å². The van der Waals surface area contributed by atoms with Crippen molar-refractivity contribution in [2.45, 2.75) is 52.6 Å². The highest BCUT2D eigenvalue weighted by Crippen LogP contribution is 2.27. The number of nitrogens with zero attached hydrogens (tertiary/aromatic N) is 1. The van der Waals surface area contributed by atoms with Gasteiger partial charge in [-0.2, -0.15) is 0 Å². The summed E-state index contributed by atoms with van der Waals surface area (Å²) < 4.78 is 0. The zero-order chi connectivity index (χ0) is 13.5. The first-order valence-corrected chi connectivity index (χ1v) is 7.20. The first-order valence-electron chi connectivity index (χ1n) is 7.20. The van der Waals surface area contributed by atoms with Crippen LogP contribution in [0.4, 0.5) is 0 Å². The summed E-state index contributed by atoms with van der Waals surface area (Å²) in [5.41, 5.74) is 9.12. The molecular formula is C16H28N2. The first kappa shape index (κ1) is 15.2. The molecule has 2 unspecified atom stereocenters. The van der Waals surface area contributed by atoms with Gasteiger partial charge in [-0.15, -0.1) is 0 Å². The minimum absolute atomic E-state index is 0.206. The van der Waals surface area contributed by atoms with Gasteiger partial charge in [-0.3, -0.25) is 4.90 Å². The Morgan fingerprint density at radius 2 is 1.83 bits per heavy atom. The van der Waals surface area contributed by atoms with Gasteiger partial charge in [0.1, 0.15) is 0 Å². The van der Waals surface area contributed by atoms with E-state index in [2.05, 4.69) is 56.9 Å². The maximum Gasteiger partial charge on any atom is 0.0501 e. The van der Waals surface area contributed by atoms with E-state index in [-0.39, 0.29) is 6.04 Å². The molecule has 0 aliphatic heterocycles. The van der Waals surface area contributed by atoms with Gasteiger partial charge >= 0.3 is 0 Å². The summed E-state index contributed by atoms with van der Waals surface area (Å²) in [7, 11) is 0. The molecule has 0 spiro atoms. The zero-order valence-electron chi connectivity index (χ0n) is 12.3. The molecule has 1 rings (SSSR count). The quantitative estimate of drug-likeness (QED) is 0.800. The third kappa shape index (κ3) is 3.56. The Bertz CT molecular complexity index is 349. The minimum Gasteiger partial charge on any atom is -0.326 e. The third-order valence-corrected chi connectivity index (χ3v) is 3.69. The number of rotatable bonds is 7. The third-order valence-electron chi connectivity index (χ3n) is 3.69. The molecule has 0 saturated heterocycles. The van der Waals surface area contributed by atoms with Crippen molar-refractivity contribution in [3.05, 3.63) is 35.4 Å². The van der Waals surface area contributed by atoms with Gasteiger partial charge in [0.05, 0.1) is 6.04 Å². The molecular weight excluding hydrogens is 220 g/mol. The topological polar surface area (TPSA) is 29.3 Å². The lowest BCUT2D eigenvalue weighted by Gasteiger charge is -2.35. The number of hydrogen-bond acceptors (Lipinski definition) is 2. The highest BCUT2D eigenvalue weighted by atomic mass is 15.2. The van der Waals surface area contributed by atoms with Crippen LogP contribution in [0.15, 0.2) is 24.3 Å². The molecule has 0 aromatic heterocycles. The van der Waals surface area contributed by atoms with Crippen molar-refractivity contribution in [3.8, 4) is 0 Å². The highest BCUT2D eigenvalue weighted by molar-refractivity contribution is 5.30. The van der Waals surface area contributed by atoms with Crippen LogP contribution in [0.3, 0.4) is 0 Å². The number of aryl methyl sites for hydroxylation is 1. The Labute approximate surface area is 112 Å². The van der Waals surface area contributed by atoms with E-state index in [1.165, 1.54) is 17.5 Å². The Morgan fingerprint density at radius 3 is 2.33 bits per heavy atom. The van der Waals surface area contributed by atoms with Gasteiger partial charge in [0.15, 0.2) is 0 Å². The average molecular weight is 248 g/mol. The molecule has 0 aliphatic rings. The van der Waals surface area contributed by atoms with Crippen molar-refractivity contribution >= 4 is 0 Å². The Balaban J connectivity index is 3.08. The number of benzene rings is 1. The van der Waals surface area contributed by atoms with E-state index in [1.807, 2.05) is 0 Å². The first-order chi connectivity index (χ1) is 8.65. The molecule has 0 radical (unpaired) electrons. The summed E-state index contributed by atoms with van der Waals surface area (Å²) in [6.07, 6.45) is 2.19. The fourth-order valence-electron chi connectivity index (χ4n) is 2.62. The summed E-state index contributed by atoms with van der Waals surface area (Å²) in [5, 5.41) is 0. The van der Waals surface area contributed by atoms with Crippen LogP contribution in [0.25, 0.3) is 0 Å². The van der Waals surface area contributed by atoms with Crippen molar-refractivity contribution in [2.75, 3.05) is 13.1 Å². The van der Waals surface area contributed by atoms with E-state index in [4.69, 9.17) is 5.73 Å². The van der Waals surface area contributed by atoms with Crippen molar-refractivity contribution in [2.24, 2.45) is 5.73 Å². The molecule has 0 heterocycles. The predicted octanol–water partition coefficient (Wildman–Crippen LogP) is 3.51. The van der Waals surface area contributed by atoms with Crippen molar-refractivity contribution in [1.82, 2.24) is 4.90 Å². The lowest BCUT2D eigenvalue weighted by atomic mass is 9.92. The van der Waals surface area contributed by atoms with Crippen LogP contribution in [0.5, 0.6) is 0 Å². The molecule has 0 amide bonds. The second kappa shape index (κ2) is 7.55. The molecule has 1 aromatic carbocycles. The number of nitrogens with two attached hydrogens (primary N) is 1. The molecule has 0 saturated carbocycles. The average Bonchev–Trinajstić information content (AvgIpc) is 2.39. The van der Waals surface area contributed by atoms with Crippen LogP contribution in [0, 0.1) is 6.92 Å². The molecule has 2 heteroatoms. The van der Waals surface area contributed by atoms with Gasteiger partial charge in [-0.05, 0) is 44.0 Å². The summed E-state index contributed by atoms with van der Waals surface area (Å²) in [5.74, 6) is 0. The minimum atomic E-state index is 0.206. The highest BCUT2D eigenvalue weighted by Gasteiger charge is 2.25. The van der Waals surface area contributed by atoms with Crippen LogP contribution in [0.2, 0.25) is 0 Å². The van der Waals surface area contributed by atoms with Crippen LogP contribution in [-0.4, -0.2) is 24.0 Å². The molecule has 2 N–H and O–H groups in total. The normalized spacial score (nSPS) is 14.8. The molecule has 102 valence electrons. The van der Waals surface area contributed by atoms with E-state index in [0.29, 0.717) is 6.04 Å². The summed E-state index contributed by atoms with van der Waals surface area (Å²) in [6.45, 7) is 11.0. The van der Waals surface area contributed by atoms with E-state index in [9.17, 15) is 0 Å². The Kier molecular flexibility index (Phi) is 6.37. The molecule has 1 aromatic rings. The van der Waals surface area contributed by atoms with Crippen molar-refractivity contribution in [1.29, 1.82) is 0 Å². The molecule has 0 fully saturated rings. The summed E-state index contributed by atoms with van der Waals surface area (Å²) in [4.78, 5) is 2.51. The molecule has 0 aliphatic carbocycles. The van der Waals surface area contributed by atoms with Crippen LogP contribution < -0.4 is 5.73 Å². The van der Waals surface area contributed by atoms with Gasteiger partial charge in [0.25, 0.3) is 0 Å². The van der Waals surface area contributed by atoms with Gasteiger partial charge < -0.3 is 5.73 Å². The van der Waals surface area contributed by atoms with Gasteiger partial charge in [0, 0.05) is 6.04 Å². The maximum atomic E-state index is 6.38. The predicted molar refractivity (Wildman–Crippen MR) is 79.7 cm³/mol. The van der Waals surface area contributed by atoms with E-state index in [0.717, 1.165) is 19.5 Å². The zero-order valence-corrected chi connectivity index (χ0v) is 12.3. The lowest BCUT2D eigenvalue weighted by Crippen LogP contribution is -2.41. The molecule has 0 bridgehead atoms. The van der Waals surface area contributed by atoms with Crippen LogP contribution >= 0.6 is 0 Å². The standard InChI is InChI=1S/C16H28N2/c1-5-12-18(7-3)16(15(17)6-2)14-11-9-8-10-13(14)4/h8-11,15-16H,5-7,12,17H2,1-4H3. The molecule has 2 atom stereocenters. The van der Waals surface area contributed by atoms with E-state index in [1.54, 1.807) is 0 Å². The van der Waals surface area contributed by atoms with Gasteiger partial charge in [-0.1, -0.05) is 45.0 Å². The second-order valence-corrected chi connectivity index (χ2v) is 5.00. The largest absolute Gasteiger partial charge is 0.326 e. The maximum absolute atomic E-state index is 6.38. The fraction of sp³-hybridized carbons (Fsp3) is 0.625.